The fourth-order valence-electron chi connectivity index (χ4n) is 4.48. The first kappa shape index (κ1) is 20.2. The van der Waals surface area contributed by atoms with Crippen molar-refractivity contribution in [3.8, 4) is 5.75 Å². The van der Waals surface area contributed by atoms with Crippen LogP contribution < -0.4 is 9.64 Å². The molecule has 1 aromatic carbocycles. The van der Waals surface area contributed by atoms with Crippen LogP contribution in [0.1, 0.15) is 20.3 Å². The highest BCUT2D eigenvalue weighted by Gasteiger charge is 2.55. The first-order chi connectivity index (χ1) is 14.0. The highest BCUT2D eigenvalue weighted by molar-refractivity contribution is 6.30. The quantitative estimate of drug-likeness (QED) is 0.691. The lowest BCUT2D eigenvalue weighted by atomic mass is 9.72. The fraction of sp³-hybridized carbons (Fsp3) is 0.571. The molecule has 3 aliphatic heterocycles. The summed E-state index contributed by atoms with van der Waals surface area (Å²) >= 11 is 6.08. The van der Waals surface area contributed by atoms with E-state index < -0.39 is 0 Å². The van der Waals surface area contributed by atoms with Crippen LogP contribution in [0.15, 0.2) is 28.2 Å². The summed E-state index contributed by atoms with van der Waals surface area (Å²) in [6, 6.07) is 5.46. The summed E-state index contributed by atoms with van der Waals surface area (Å²) in [5, 5.41) is 0.608. The Balaban J connectivity index is 1.36. The maximum atomic E-state index is 13.2. The summed E-state index contributed by atoms with van der Waals surface area (Å²) in [5.74, 6) is 0.668. The van der Waals surface area contributed by atoms with Gasteiger partial charge in [-0.2, -0.15) is 0 Å². The van der Waals surface area contributed by atoms with Crippen molar-refractivity contribution in [2.24, 2.45) is 15.4 Å². The lowest BCUT2D eigenvalue weighted by Gasteiger charge is -2.61. The van der Waals surface area contributed by atoms with Gasteiger partial charge in [0.05, 0.1) is 18.3 Å². The van der Waals surface area contributed by atoms with Gasteiger partial charge < -0.3 is 9.64 Å². The van der Waals surface area contributed by atoms with E-state index in [-0.39, 0.29) is 23.7 Å². The Bertz CT molecular complexity index is 815. The summed E-state index contributed by atoms with van der Waals surface area (Å²) in [7, 11) is 0. The minimum atomic E-state index is -0.0172. The normalized spacial score (nSPS) is 23.9. The zero-order valence-corrected chi connectivity index (χ0v) is 17.8. The molecule has 1 spiro atoms. The third-order valence-electron chi connectivity index (χ3n) is 5.92. The molecular formula is C21H28ClN5O2. The molecule has 2 amide bonds. The molecule has 0 N–H and O–H groups in total. The predicted molar refractivity (Wildman–Crippen MR) is 117 cm³/mol. The van der Waals surface area contributed by atoms with Crippen molar-refractivity contribution in [3.63, 3.8) is 0 Å². The van der Waals surface area contributed by atoms with Crippen LogP contribution in [-0.2, 0) is 0 Å². The number of fused-ring (bicyclic) bond motifs is 1. The van der Waals surface area contributed by atoms with E-state index in [1.807, 2.05) is 29.0 Å². The number of urea groups is 1. The highest BCUT2D eigenvalue weighted by Crippen LogP contribution is 2.43. The van der Waals surface area contributed by atoms with Crippen molar-refractivity contribution < 1.29 is 9.53 Å². The van der Waals surface area contributed by atoms with Gasteiger partial charge in [-0.3, -0.25) is 19.8 Å². The number of benzene rings is 1. The van der Waals surface area contributed by atoms with Crippen LogP contribution in [0.25, 0.3) is 0 Å². The Kier molecular flexibility index (Phi) is 5.53. The molecule has 0 aromatic heterocycles. The van der Waals surface area contributed by atoms with Crippen molar-refractivity contribution in [3.05, 3.63) is 23.2 Å². The molecular weight excluding hydrogens is 390 g/mol. The van der Waals surface area contributed by atoms with E-state index in [4.69, 9.17) is 16.3 Å². The van der Waals surface area contributed by atoms with Crippen LogP contribution in [0.4, 0.5) is 10.5 Å². The number of likely N-dealkylation sites (tertiary alicyclic amines) is 2. The standard InChI is InChI=1S/C21H28ClN5O2/c1-4-7-24-9-19(23-3)25-11-21(12-25)13-26(14-21)20(28)27-15(2)10-29-18-8-16(22)5-6-17(18)27/h5-8,15,19H,3-4,9-14H2,1-2H3/b24-7-. The Hall–Kier alpha value is -2.12. The Morgan fingerprint density at radius 1 is 1.41 bits per heavy atom. The van der Waals surface area contributed by atoms with Crippen LogP contribution >= 0.6 is 11.6 Å². The molecule has 0 bridgehead atoms. The van der Waals surface area contributed by atoms with Gasteiger partial charge in [0.2, 0.25) is 0 Å². The molecule has 2 saturated heterocycles. The molecule has 2 fully saturated rings. The first-order valence-corrected chi connectivity index (χ1v) is 10.5. The number of halogens is 1. The van der Waals surface area contributed by atoms with Crippen LogP contribution in [0.2, 0.25) is 5.02 Å². The van der Waals surface area contributed by atoms with Crippen LogP contribution in [0.5, 0.6) is 5.75 Å². The monoisotopic (exact) mass is 417 g/mol. The topological polar surface area (TPSA) is 60.7 Å². The maximum Gasteiger partial charge on any atom is 0.325 e. The molecule has 3 aliphatic rings. The summed E-state index contributed by atoms with van der Waals surface area (Å²) < 4.78 is 5.76. The number of ether oxygens (including phenoxy) is 1. The van der Waals surface area contributed by atoms with Crippen LogP contribution in [-0.4, -0.2) is 80.3 Å². The van der Waals surface area contributed by atoms with E-state index in [9.17, 15) is 4.79 Å². The van der Waals surface area contributed by atoms with Gasteiger partial charge in [-0.05, 0) is 38.4 Å². The molecule has 0 radical (unpaired) electrons. The van der Waals surface area contributed by atoms with E-state index in [1.165, 1.54) is 0 Å². The second-order valence-corrected chi connectivity index (χ2v) is 8.74. The van der Waals surface area contributed by atoms with E-state index in [0.29, 0.717) is 23.9 Å². The second-order valence-electron chi connectivity index (χ2n) is 8.30. The highest BCUT2D eigenvalue weighted by atomic mass is 35.5. The minimum Gasteiger partial charge on any atom is -0.489 e. The average molecular weight is 418 g/mol. The maximum absolute atomic E-state index is 13.2. The lowest BCUT2D eigenvalue weighted by molar-refractivity contribution is -0.108. The van der Waals surface area contributed by atoms with Gasteiger partial charge >= 0.3 is 6.03 Å². The summed E-state index contributed by atoms with van der Waals surface area (Å²) in [4.78, 5) is 27.9. The number of hydrogen-bond donors (Lipinski definition) is 0. The molecule has 1 aromatic rings. The Labute approximate surface area is 177 Å². The molecule has 156 valence electrons. The molecule has 4 rings (SSSR count). The minimum absolute atomic E-state index is 0.0172. The van der Waals surface area contributed by atoms with E-state index in [2.05, 4.69) is 28.5 Å². The third-order valence-corrected chi connectivity index (χ3v) is 6.16. The smallest absolute Gasteiger partial charge is 0.325 e. The van der Waals surface area contributed by atoms with Crippen molar-refractivity contribution in [2.75, 3.05) is 44.2 Å². The molecule has 0 aliphatic carbocycles. The molecule has 2 atom stereocenters. The molecule has 3 heterocycles. The summed E-state index contributed by atoms with van der Waals surface area (Å²) in [6.45, 7) is 12.3. The zero-order valence-electron chi connectivity index (χ0n) is 17.1. The van der Waals surface area contributed by atoms with Gasteiger partial charge in [-0.15, -0.1) is 0 Å². The zero-order chi connectivity index (χ0) is 20.6. The van der Waals surface area contributed by atoms with Gasteiger partial charge in [0.15, 0.2) is 0 Å². The SMILES string of the molecule is C=NC(C/N=C\CC)N1CC2(CN(C(=O)N3c4ccc(Cl)cc4OCC3C)C2)C1. The molecule has 7 nitrogen and oxygen atoms in total. The second kappa shape index (κ2) is 7.95. The lowest BCUT2D eigenvalue weighted by Crippen LogP contribution is -2.75. The van der Waals surface area contributed by atoms with Gasteiger partial charge in [0.1, 0.15) is 18.5 Å². The van der Waals surface area contributed by atoms with Gasteiger partial charge in [0.25, 0.3) is 0 Å². The predicted octanol–water partition coefficient (Wildman–Crippen LogP) is 3.17. The number of hydrogen-bond acceptors (Lipinski definition) is 5. The average Bonchev–Trinajstić information content (AvgIpc) is 2.64. The Morgan fingerprint density at radius 3 is 2.86 bits per heavy atom. The molecule has 29 heavy (non-hydrogen) atoms. The van der Waals surface area contributed by atoms with Crippen LogP contribution in [0, 0.1) is 5.41 Å². The van der Waals surface area contributed by atoms with E-state index in [0.717, 1.165) is 38.3 Å². The first-order valence-electron chi connectivity index (χ1n) is 10.1. The van der Waals surface area contributed by atoms with Crippen LogP contribution in [0.3, 0.4) is 0 Å². The van der Waals surface area contributed by atoms with Crippen molar-refractivity contribution >= 4 is 36.3 Å². The summed E-state index contributed by atoms with van der Waals surface area (Å²) in [6.07, 6.45) is 2.88. The van der Waals surface area contributed by atoms with Gasteiger partial charge in [-0.1, -0.05) is 18.5 Å². The third kappa shape index (κ3) is 3.73. The van der Waals surface area contributed by atoms with E-state index in [1.54, 1.807) is 12.1 Å². The number of aliphatic imine (C=N–C) groups is 2. The number of rotatable bonds is 5. The van der Waals surface area contributed by atoms with Gasteiger partial charge in [0, 0.05) is 42.7 Å². The Morgan fingerprint density at radius 2 is 2.17 bits per heavy atom. The van der Waals surface area contributed by atoms with Crippen molar-refractivity contribution in [1.29, 1.82) is 0 Å². The molecule has 8 heteroatoms. The number of amides is 2. The molecule has 2 unspecified atom stereocenters. The number of carbonyl (C=O) groups is 1. The largest absolute Gasteiger partial charge is 0.489 e. The van der Waals surface area contributed by atoms with Crippen molar-refractivity contribution in [1.82, 2.24) is 9.80 Å². The molecule has 0 saturated carbocycles. The van der Waals surface area contributed by atoms with E-state index >= 15 is 0 Å². The van der Waals surface area contributed by atoms with Gasteiger partial charge in [-0.25, -0.2) is 4.79 Å². The van der Waals surface area contributed by atoms with Crippen molar-refractivity contribution in [2.45, 2.75) is 32.5 Å². The number of nitrogens with zero attached hydrogens (tertiary/aromatic N) is 5. The summed E-state index contributed by atoms with van der Waals surface area (Å²) in [5.41, 5.74) is 0.977. The number of anilines is 1. The fourth-order valence-corrected chi connectivity index (χ4v) is 4.64. The number of carbonyl (C=O) groups excluding carboxylic acids is 1.